The average molecular weight is 490 g/mol. The van der Waals surface area contributed by atoms with Crippen molar-refractivity contribution in [1.29, 1.82) is 0 Å². The normalized spacial score (nSPS) is 16.7. The van der Waals surface area contributed by atoms with Gasteiger partial charge in [0.25, 0.3) is 0 Å². The lowest BCUT2D eigenvalue weighted by atomic mass is 10.2. The molecular formula is C27H27N3O4S. The summed E-state index contributed by atoms with van der Waals surface area (Å²) >= 11 is 1.27. The van der Waals surface area contributed by atoms with Crippen LogP contribution in [0, 0.1) is 0 Å². The summed E-state index contributed by atoms with van der Waals surface area (Å²) in [6.07, 6.45) is 0.0544. The number of thioether (sulfide) groups is 1. The van der Waals surface area contributed by atoms with Crippen molar-refractivity contribution in [3.8, 4) is 11.5 Å². The smallest absolute Gasteiger partial charge is 0.238 e. The van der Waals surface area contributed by atoms with Crippen LogP contribution >= 0.6 is 11.8 Å². The highest BCUT2D eigenvalue weighted by Gasteiger charge is 2.37. The van der Waals surface area contributed by atoms with Gasteiger partial charge in [-0.1, -0.05) is 30.0 Å². The number of ether oxygens (including phenoxy) is 2. The molecule has 0 bridgehead atoms. The minimum atomic E-state index is -0.608. The summed E-state index contributed by atoms with van der Waals surface area (Å²) in [5.41, 5.74) is 2.01. The SMILES string of the molecule is CCOc1ccc(N=C2S[C@H](C(=O)Nc3ccccc3)CC(=O)N2c2ccc(OCC)cc2)cc1. The van der Waals surface area contributed by atoms with E-state index in [2.05, 4.69) is 5.32 Å². The quantitative estimate of drug-likeness (QED) is 0.442. The number of amides is 2. The first-order valence-electron chi connectivity index (χ1n) is 11.5. The van der Waals surface area contributed by atoms with Crippen molar-refractivity contribution in [1.82, 2.24) is 0 Å². The molecule has 0 aliphatic carbocycles. The highest BCUT2D eigenvalue weighted by Crippen LogP contribution is 2.34. The van der Waals surface area contributed by atoms with Gasteiger partial charge in [0.15, 0.2) is 5.17 Å². The van der Waals surface area contributed by atoms with Crippen LogP contribution in [0.15, 0.2) is 83.9 Å². The number of carbonyl (C=O) groups excluding carboxylic acids is 2. The first kappa shape index (κ1) is 24.3. The van der Waals surface area contributed by atoms with Gasteiger partial charge in [0.05, 0.1) is 24.6 Å². The topological polar surface area (TPSA) is 80.2 Å². The van der Waals surface area contributed by atoms with Crippen LogP contribution in [-0.4, -0.2) is 35.4 Å². The predicted molar refractivity (Wildman–Crippen MR) is 141 cm³/mol. The van der Waals surface area contributed by atoms with Gasteiger partial charge < -0.3 is 14.8 Å². The van der Waals surface area contributed by atoms with Crippen LogP contribution < -0.4 is 19.7 Å². The van der Waals surface area contributed by atoms with E-state index in [1.54, 1.807) is 4.90 Å². The first-order valence-corrected chi connectivity index (χ1v) is 12.3. The van der Waals surface area contributed by atoms with E-state index < -0.39 is 5.25 Å². The first-order chi connectivity index (χ1) is 17.1. The van der Waals surface area contributed by atoms with Gasteiger partial charge in [0.1, 0.15) is 16.7 Å². The number of hydrogen-bond donors (Lipinski definition) is 1. The third kappa shape index (κ3) is 6.22. The molecule has 0 radical (unpaired) electrons. The van der Waals surface area contributed by atoms with E-state index in [0.29, 0.717) is 35.4 Å². The molecule has 1 saturated heterocycles. The fraction of sp³-hybridized carbons (Fsp3) is 0.222. The van der Waals surface area contributed by atoms with Gasteiger partial charge in [0.2, 0.25) is 11.8 Å². The summed E-state index contributed by atoms with van der Waals surface area (Å²) in [6, 6.07) is 23.8. The average Bonchev–Trinajstić information content (AvgIpc) is 2.87. The highest BCUT2D eigenvalue weighted by molar-refractivity contribution is 8.15. The van der Waals surface area contributed by atoms with Crippen molar-refractivity contribution in [2.45, 2.75) is 25.5 Å². The second kappa shape index (κ2) is 11.6. The molecule has 35 heavy (non-hydrogen) atoms. The summed E-state index contributed by atoms with van der Waals surface area (Å²) in [6.45, 7) is 4.97. The molecular weight excluding hydrogens is 462 g/mol. The molecule has 1 atom stereocenters. The van der Waals surface area contributed by atoms with Crippen LogP contribution in [-0.2, 0) is 9.59 Å². The molecule has 4 rings (SSSR count). The van der Waals surface area contributed by atoms with E-state index in [-0.39, 0.29) is 18.2 Å². The molecule has 1 heterocycles. The van der Waals surface area contributed by atoms with Gasteiger partial charge >= 0.3 is 0 Å². The molecule has 1 aliphatic heterocycles. The van der Waals surface area contributed by atoms with Crippen molar-refractivity contribution in [3.05, 3.63) is 78.9 Å². The Labute approximate surface area is 209 Å². The molecule has 2 amide bonds. The Balaban J connectivity index is 1.63. The molecule has 3 aromatic carbocycles. The second-order valence-electron chi connectivity index (χ2n) is 7.64. The molecule has 7 nitrogen and oxygen atoms in total. The Morgan fingerprint density at radius 3 is 2.14 bits per heavy atom. The van der Waals surface area contributed by atoms with Gasteiger partial charge in [-0.2, -0.15) is 0 Å². The van der Waals surface area contributed by atoms with Crippen molar-refractivity contribution in [3.63, 3.8) is 0 Å². The largest absolute Gasteiger partial charge is 0.494 e. The number of amidine groups is 1. The van der Waals surface area contributed by atoms with Crippen LogP contribution in [0.1, 0.15) is 20.3 Å². The zero-order valence-electron chi connectivity index (χ0n) is 19.6. The fourth-order valence-electron chi connectivity index (χ4n) is 3.55. The minimum absolute atomic E-state index is 0.0544. The van der Waals surface area contributed by atoms with Crippen LogP contribution in [0.2, 0.25) is 0 Å². The fourth-order valence-corrected chi connectivity index (χ4v) is 4.67. The molecule has 0 aromatic heterocycles. The molecule has 1 aliphatic rings. The molecule has 8 heteroatoms. The third-order valence-electron chi connectivity index (χ3n) is 5.16. The van der Waals surface area contributed by atoms with Crippen LogP contribution in [0.5, 0.6) is 11.5 Å². The van der Waals surface area contributed by atoms with Crippen molar-refractivity contribution < 1.29 is 19.1 Å². The van der Waals surface area contributed by atoms with E-state index in [0.717, 1.165) is 11.5 Å². The second-order valence-corrected chi connectivity index (χ2v) is 8.81. The summed E-state index contributed by atoms with van der Waals surface area (Å²) in [7, 11) is 0. The van der Waals surface area contributed by atoms with Crippen LogP contribution in [0.4, 0.5) is 17.1 Å². The summed E-state index contributed by atoms with van der Waals surface area (Å²) < 4.78 is 11.0. The minimum Gasteiger partial charge on any atom is -0.494 e. The molecule has 0 spiro atoms. The number of nitrogens with one attached hydrogen (secondary N) is 1. The Kier molecular flexibility index (Phi) is 8.05. The van der Waals surface area contributed by atoms with Gasteiger partial charge in [0, 0.05) is 12.1 Å². The molecule has 0 unspecified atom stereocenters. The maximum Gasteiger partial charge on any atom is 0.238 e. The number of anilines is 2. The lowest BCUT2D eigenvalue weighted by molar-refractivity contribution is -0.121. The van der Waals surface area contributed by atoms with Gasteiger partial charge in [-0.25, -0.2) is 4.99 Å². The maximum atomic E-state index is 13.3. The third-order valence-corrected chi connectivity index (χ3v) is 6.31. The Hall–Kier alpha value is -3.78. The number of carbonyl (C=O) groups is 2. The molecule has 3 aromatic rings. The van der Waals surface area contributed by atoms with Gasteiger partial charge in [-0.3, -0.25) is 14.5 Å². The molecule has 180 valence electrons. The Bertz CT molecular complexity index is 1180. The van der Waals surface area contributed by atoms with E-state index in [9.17, 15) is 9.59 Å². The van der Waals surface area contributed by atoms with E-state index in [1.807, 2.05) is 92.7 Å². The predicted octanol–water partition coefficient (Wildman–Crippen LogP) is 5.65. The molecule has 1 fully saturated rings. The van der Waals surface area contributed by atoms with E-state index in [1.165, 1.54) is 11.8 Å². The van der Waals surface area contributed by atoms with Crippen LogP contribution in [0.25, 0.3) is 0 Å². The lowest BCUT2D eigenvalue weighted by Gasteiger charge is -2.31. The number of aliphatic imine (C=N–C) groups is 1. The highest BCUT2D eigenvalue weighted by atomic mass is 32.2. The van der Waals surface area contributed by atoms with Crippen LogP contribution in [0.3, 0.4) is 0 Å². The monoisotopic (exact) mass is 489 g/mol. The number of para-hydroxylation sites is 1. The summed E-state index contributed by atoms with van der Waals surface area (Å²) in [4.78, 5) is 32.6. The number of rotatable bonds is 8. The lowest BCUT2D eigenvalue weighted by Crippen LogP contribution is -2.45. The zero-order valence-corrected chi connectivity index (χ0v) is 20.5. The van der Waals surface area contributed by atoms with E-state index >= 15 is 0 Å². The number of benzene rings is 3. The van der Waals surface area contributed by atoms with Gasteiger partial charge in [-0.05, 0) is 74.5 Å². The maximum absolute atomic E-state index is 13.3. The van der Waals surface area contributed by atoms with Crippen molar-refractivity contribution >= 4 is 45.8 Å². The van der Waals surface area contributed by atoms with Crippen molar-refractivity contribution in [2.75, 3.05) is 23.4 Å². The standard InChI is InChI=1S/C27H27N3O4S/c1-3-33-22-14-10-20(11-15-22)29-27-30(21-12-16-23(17-13-21)34-4-2)25(31)18-24(35-27)26(32)28-19-8-6-5-7-9-19/h5-17,24H,3-4,18H2,1-2H3,(H,28,32)/t24-/m0/s1. The van der Waals surface area contributed by atoms with E-state index in [4.69, 9.17) is 14.5 Å². The number of nitrogens with zero attached hydrogens (tertiary/aromatic N) is 2. The number of hydrogen-bond acceptors (Lipinski definition) is 6. The molecule has 1 N–H and O–H groups in total. The molecule has 0 saturated carbocycles. The Morgan fingerprint density at radius 2 is 1.54 bits per heavy atom. The Morgan fingerprint density at radius 1 is 0.943 bits per heavy atom. The van der Waals surface area contributed by atoms with Gasteiger partial charge in [-0.15, -0.1) is 0 Å². The summed E-state index contributed by atoms with van der Waals surface area (Å²) in [5.74, 6) is 1.02. The van der Waals surface area contributed by atoms with Crippen molar-refractivity contribution in [2.24, 2.45) is 4.99 Å². The zero-order chi connectivity index (χ0) is 24.6. The summed E-state index contributed by atoms with van der Waals surface area (Å²) in [5, 5.41) is 2.72.